The van der Waals surface area contributed by atoms with E-state index in [1.165, 1.54) is 38.3 Å². The average Bonchev–Trinajstić information content (AvgIpc) is 2.87. The molecule has 0 saturated heterocycles. The van der Waals surface area contributed by atoms with Gasteiger partial charge < -0.3 is 14.8 Å². The third kappa shape index (κ3) is 7.72. The van der Waals surface area contributed by atoms with Crippen LogP contribution in [0, 0.1) is 0 Å². The highest BCUT2D eigenvalue weighted by Crippen LogP contribution is 2.20. The zero-order valence-electron chi connectivity index (χ0n) is 19.3. The number of nitrogens with one attached hydrogen (secondary N) is 2. The van der Waals surface area contributed by atoms with Crippen LogP contribution in [0.3, 0.4) is 0 Å². The van der Waals surface area contributed by atoms with E-state index in [0.717, 1.165) is 5.56 Å². The summed E-state index contributed by atoms with van der Waals surface area (Å²) >= 11 is 0. The second-order valence-electron chi connectivity index (χ2n) is 7.52. The fourth-order valence-corrected chi connectivity index (χ4v) is 4.05. The molecule has 0 heterocycles. The molecule has 1 amide bonds. The molecule has 2 N–H and O–H groups in total. The largest absolute Gasteiger partial charge is 0.497 e. The van der Waals surface area contributed by atoms with E-state index in [0.29, 0.717) is 23.5 Å². The van der Waals surface area contributed by atoms with E-state index >= 15 is 0 Å². The van der Waals surface area contributed by atoms with E-state index in [-0.39, 0.29) is 4.90 Å². The van der Waals surface area contributed by atoms with Crippen molar-refractivity contribution in [3.8, 4) is 5.75 Å². The Morgan fingerprint density at radius 2 is 1.60 bits per heavy atom. The molecule has 1 unspecified atom stereocenters. The van der Waals surface area contributed by atoms with Gasteiger partial charge in [-0.15, -0.1) is 0 Å². The Morgan fingerprint density at radius 3 is 2.23 bits per heavy atom. The van der Waals surface area contributed by atoms with Gasteiger partial charge in [-0.05, 0) is 60.5 Å². The summed E-state index contributed by atoms with van der Waals surface area (Å²) in [6.07, 6.45) is 1.69. The van der Waals surface area contributed by atoms with Gasteiger partial charge in [0.25, 0.3) is 15.9 Å². The molecular formula is C26H26N2O6S. The first-order valence-corrected chi connectivity index (χ1v) is 12.2. The van der Waals surface area contributed by atoms with Gasteiger partial charge in [0.2, 0.25) is 0 Å². The van der Waals surface area contributed by atoms with Crippen LogP contribution in [0.1, 0.15) is 18.1 Å². The number of hydrogen-bond donors (Lipinski definition) is 2. The molecule has 0 fully saturated rings. The van der Waals surface area contributed by atoms with Crippen molar-refractivity contribution in [2.45, 2.75) is 24.5 Å². The number of benzene rings is 3. The van der Waals surface area contributed by atoms with E-state index in [4.69, 9.17) is 9.47 Å². The van der Waals surface area contributed by atoms with Crippen molar-refractivity contribution in [1.82, 2.24) is 5.32 Å². The molecule has 0 spiro atoms. The number of methoxy groups -OCH3 is 1. The van der Waals surface area contributed by atoms with Gasteiger partial charge in [0.15, 0.2) is 6.10 Å². The number of amides is 1. The number of anilines is 1. The predicted octanol–water partition coefficient (Wildman–Crippen LogP) is 3.76. The molecule has 0 radical (unpaired) electrons. The predicted molar refractivity (Wildman–Crippen MR) is 133 cm³/mol. The quantitative estimate of drug-likeness (QED) is 0.328. The minimum absolute atomic E-state index is 0.0664. The highest BCUT2D eigenvalue weighted by Gasteiger charge is 2.16. The Hall–Kier alpha value is -4.11. The van der Waals surface area contributed by atoms with Crippen LogP contribution >= 0.6 is 0 Å². The molecule has 35 heavy (non-hydrogen) atoms. The summed E-state index contributed by atoms with van der Waals surface area (Å²) in [5, 5.41) is 2.71. The molecule has 1 atom stereocenters. The minimum Gasteiger partial charge on any atom is -0.497 e. The van der Waals surface area contributed by atoms with Crippen LogP contribution in [-0.4, -0.2) is 33.5 Å². The lowest BCUT2D eigenvalue weighted by atomic mass is 10.2. The summed E-state index contributed by atoms with van der Waals surface area (Å²) < 4.78 is 37.9. The molecule has 0 saturated carbocycles. The second-order valence-corrected chi connectivity index (χ2v) is 9.20. The number of sulfonamides is 1. The van der Waals surface area contributed by atoms with E-state index in [1.54, 1.807) is 36.4 Å². The molecule has 0 aliphatic carbocycles. The number of rotatable bonds is 10. The Bertz CT molecular complexity index is 1270. The normalized spacial score (nSPS) is 12.1. The third-order valence-corrected chi connectivity index (χ3v) is 6.31. The molecule has 3 aromatic carbocycles. The van der Waals surface area contributed by atoms with Gasteiger partial charge in [0, 0.05) is 18.3 Å². The average molecular weight is 495 g/mol. The van der Waals surface area contributed by atoms with E-state index in [1.807, 2.05) is 30.3 Å². The minimum atomic E-state index is -3.78. The van der Waals surface area contributed by atoms with Gasteiger partial charge in [-0.1, -0.05) is 42.5 Å². The lowest BCUT2D eigenvalue weighted by molar-refractivity contribution is -0.150. The standard InChI is InChI=1S/C26H26N2O6S/c1-19(26(30)27-18-21-6-4-3-5-7-21)34-25(29)17-10-20-8-15-24(16-9-20)35(31,32)28-22-11-13-23(33-2)14-12-22/h3-17,19,28H,18H2,1-2H3,(H,27,30)/b17-10+. The Balaban J connectivity index is 1.52. The zero-order chi connectivity index (χ0) is 25.3. The maximum Gasteiger partial charge on any atom is 0.331 e. The van der Waals surface area contributed by atoms with Gasteiger partial charge in [-0.2, -0.15) is 0 Å². The van der Waals surface area contributed by atoms with E-state index in [9.17, 15) is 18.0 Å². The highest BCUT2D eigenvalue weighted by molar-refractivity contribution is 7.92. The monoisotopic (exact) mass is 494 g/mol. The number of esters is 1. The summed E-state index contributed by atoms with van der Waals surface area (Å²) in [4.78, 5) is 24.3. The van der Waals surface area contributed by atoms with Gasteiger partial charge in [-0.25, -0.2) is 13.2 Å². The fraction of sp³-hybridized carbons (Fsp3) is 0.154. The van der Waals surface area contributed by atoms with Gasteiger partial charge in [0.1, 0.15) is 5.75 Å². The lowest BCUT2D eigenvalue weighted by Gasteiger charge is -2.12. The first-order valence-electron chi connectivity index (χ1n) is 10.7. The summed E-state index contributed by atoms with van der Waals surface area (Å²) in [5.41, 5.74) is 1.93. The number of ether oxygens (including phenoxy) is 2. The summed E-state index contributed by atoms with van der Waals surface area (Å²) in [5.74, 6) is -0.482. The topological polar surface area (TPSA) is 111 Å². The first-order chi connectivity index (χ1) is 16.8. The molecule has 0 aliphatic heterocycles. The molecule has 3 rings (SSSR count). The SMILES string of the molecule is COc1ccc(NS(=O)(=O)c2ccc(/C=C/C(=O)OC(C)C(=O)NCc3ccccc3)cc2)cc1. The van der Waals surface area contributed by atoms with Crippen molar-refractivity contribution in [1.29, 1.82) is 0 Å². The van der Waals surface area contributed by atoms with Crippen molar-refractivity contribution >= 4 is 33.7 Å². The van der Waals surface area contributed by atoms with Crippen molar-refractivity contribution in [3.63, 3.8) is 0 Å². The Labute approximate surface area is 204 Å². The molecule has 0 bridgehead atoms. The fourth-order valence-electron chi connectivity index (χ4n) is 2.99. The molecule has 182 valence electrons. The van der Waals surface area contributed by atoms with Gasteiger partial charge in [0.05, 0.1) is 12.0 Å². The number of hydrogen-bond acceptors (Lipinski definition) is 6. The maximum atomic E-state index is 12.6. The molecule has 0 aliphatic rings. The van der Waals surface area contributed by atoms with Gasteiger partial charge >= 0.3 is 5.97 Å². The third-order valence-electron chi connectivity index (χ3n) is 4.92. The van der Waals surface area contributed by atoms with Crippen LogP contribution in [-0.2, 0) is 30.9 Å². The lowest BCUT2D eigenvalue weighted by Crippen LogP contribution is -2.35. The molecule has 3 aromatic rings. The Kier molecular flexibility index (Phi) is 8.63. The van der Waals surface area contributed by atoms with E-state index < -0.39 is 28.0 Å². The molecule has 0 aromatic heterocycles. The van der Waals surface area contributed by atoms with Crippen LogP contribution in [0.5, 0.6) is 5.75 Å². The van der Waals surface area contributed by atoms with Crippen LogP contribution in [0.4, 0.5) is 5.69 Å². The second kappa shape index (κ2) is 11.8. The molecule has 9 heteroatoms. The Morgan fingerprint density at radius 1 is 0.943 bits per heavy atom. The van der Waals surface area contributed by atoms with Crippen LogP contribution in [0.25, 0.3) is 6.08 Å². The molecular weight excluding hydrogens is 468 g/mol. The van der Waals surface area contributed by atoms with Gasteiger partial charge in [-0.3, -0.25) is 9.52 Å². The molecule has 8 nitrogen and oxygen atoms in total. The maximum absolute atomic E-state index is 12.6. The number of carbonyl (C=O) groups excluding carboxylic acids is 2. The van der Waals surface area contributed by atoms with E-state index in [2.05, 4.69) is 10.0 Å². The summed E-state index contributed by atoms with van der Waals surface area (Å²) in [7, 11) is -2.26. The van der Waals surface area contributed by atoms with Crippen molar-refractivity contribution in [2.24, 2.45) is 0 Å². The van der Waals surface area contributed by atoms with Crippen molar-refractivity contribution in [3.05, 3.63) is 96.1 Å². The summed E-state index contributed by atoms with van der Waals surface area (Å²) in [6.45, 7) is 1.82. The zero-order valence-corrected chi connectivity index (χ0v) is 20.1. The van der Waals surface area contributed by atoms with Crippen LogP contribution in [0.2, 0.25) is 0 Å². The summed E-state index contributed by atoms with van der Waals surface area (Å²) in [6, 6.07) is 21.9. The first kappa shape index (κ1) is 25.5. The number of carbonyl (C=O) groups is 2. The van der Waals surface area contributed by atoms with Crippen LogP contribution in [0.15, 0.2) is 89.8 Å². The van der Waals surface area contributed by atoms with Crippen molar-refractivity contribution in [2.75, 3.05) is 11.8 Å². The van der Waals surface area contributed by atoms with Crippen LogP contribution < -0.4 is 14.8 Å². The van der Waals surface area contributed by atoms with Crippen molar-refractivity contribution < 1.29 is 27.5 Å². The smallest absolute Gasteiger partial charge is 0.331 e. The highest BCUT2D eigenvalue weighted by atomic mass is 32.2.